The molecule has 0 bridgehead atoms. The fourth-order valence-electron chi connectivity index (χ4n) is 2.99. The molecule has 1 aliphatic heterocycles. The second-order valence-electron chi connectivity index (χ2n) is 5.74. The summed E-state index contributed by atoms with van der Waals surface area (Å²) in [6.07, 6.45) is 1.86. The van der Waals surface area contributed by atoms with Gasteiger partial charge in [0.05, 0.1) is 18.3 Å². The van der Waals surface area contributed by atoms with Crippen LogP contribution in [-0.4, -0.2) is 46.2 Å². The molecule has 3 heterocycles. The first kappa shape index (κ1) is 14.8. The maximum absolute atomic E-state index is 12.8. The van der Waals surface area contributed by atoms with Crippen molar-refractivity contribution in [3.63, 3.8) is 0 Å². The first-order valence-electron chi connectivity index (χ1n) is 7.59. The van der Waals surface area contributed by atoms with E-state index in [1.54, 1.807) is 6.20 Å². The largest absolute Gasteiger partial charge is 0.375 e. The zero-order chi connectivity index (χ0) is 15.7. The Bertz CT molecular complexity index is 679. The lowest BCUT2D eigenvalue weighted by molar-refractivity contribution is -0.0124. The summed E-state index contributed by atoms with van der Waals surface area (Å²) in [5, 5.41) is 0. The number of morpholine rings is 1. The average molecular weight is 299 g/mol. The summed E-state index contributed by atoms with van der Waals surface area (Å²) in [5.74, 6) is 0.914. The van der Waals surface area contributed by atoms with E-state index in [1.807, 2.05) is 54.5 Å². The van der Waals surface area contributed by atoms with E-state index >= 15 is 0 Å². The first-order chi connectivity index (χ1) is 10.6. The van der Waals surface area contributed by atoms with Gasteiger partial charge in [0.2, 0.25) is 0 Å². The monoisotopic (exact) mass is 299 g/mol. The Hall–Kier alpha value is -2.14. The minimum atomic E-state index is 0.0745. The number of carbonyl (C=O) groups is 1. The summed E-state index contributed by atoms with van der Waals surface area (Å²) < 4.78 is 7.54. The van der Waals surface area contributed by atoms with Crippen molar-refractivity contribution < 1.29 is 9.53 Å². The lowest BCUT2D eigenvalue weighted by atomic mass is 10.2. The number of hydrogen-bond donors (Lipinski definition) is 0. The third kappa shape index (κ3) is 2.64. The van der Waals surface area contributed by atoms with E-state index in [2.05, 4.69) is 4.98 Å². The summed E-state index contributed by atoms with van der Waals surface area (Å²) in [4.78, 5) is 19.1. The maximum atomic E-state index is 12.8. The highest BCUT2D eigenvalue weighted by atomic mass is 16.5. The first-order valence-corrected chi connectivity index (χ1v) is 7.59. The molecule has 1 saturated heterocycles. The van der Waals surface area contributed by atoms with Gasteiger partial charge in [-0.25, -0.2) is 4.98 Å². The van der Waals surface area contributed by atoms with Crippen LogP contribution in [0.15, 0.2) is 30.5 Å². The summed E-state index contributed by atoms with van der Waals surface area (Å²) in [5.41, 5.74) is 2.69. The normalized spacial score (nSPS) is 18.5. The predicted molar refractivity (Wildman–Crippen MR) is 84.4 cm³/mol. The molecule has 5 nitrogen and oxygen atoms in total. The van der Waals surface area contributed by atoms with Crippen molar-refractivity contribution in [3.05, 3.63) is 47.4 Å². The molecule has 0 N–H and O–H groups in total. The van der Waals surface area contributed by atoms with Crippen molar-refractivity contribution in [1.82, 2.24) is 14.5 Å². The van der Waals surface area contributed by atoms with Crippen LogP contribution in [0, 0.1) is 13.8 Å². The van der Waals surface area contributed by atoms with Crippen molar-refractivity contribution in [2.75, 3.05) is 19.7 Å². The fourth-order valence-corrected chi connectivity index (χ4v) is 2.99. The second-order valence-corrected chi connectivity index (χ2v) is 5.74. The van der Waals surface area contributed by atoms with Gasteiger partial charge in [0.25, 0.3) is 5.91 Å². The molecule has 0 radical (unpaired) electrons. The van der Waals surface area contributed by atoms with Gasteiger partial charge in [-0.2, -0.15) is 0 Å². The quantitative estimate of drug-likeness (QED) is 0.855. The number of amides is 1. The van der Waals surface area contributed by atoms with Gasteiger partial charge in [-0.15, -0.1) is 0 Å². The van der Waals surface area contributed by atoms with Crippen molar-refractivity contribution in [2.24, 2.45) is 0 Å². The number of ether oxygens (including phenoxy) is 1. The Labute approximate surface area is 130 Å². The van der Waals surface area contributed by atoms with Crippen LogP contribution in [0.1, 0.15) is 28.7 Å². The average Bonchev–Trinajstić information content (AvgIpc) is 2.82. The molecule has 2 aromatic heterocycles. The molecule has 1 amide bonds. The van der Waals surface area contributed by atoms with E-state index in [0.717, 1.165) is 22.8 Å². The number of pyridine rings is 1. The molecular weight excluding hydrogens is 278 g/mol. The Morgan fingerprint density at radius 1 is 1.36 bits per heavy atom. The number of nitrogens with zero attached hydrogens (tertiary/aromatic N) is 3. The molecule has 0 unspecified atom stereocenters. The van der Waals surface area contributed by atoms with Gasteiger partial charge in [-0.3, -0.25) is 4.79 Å². The molecule has 22 heavy (non-hydrogen) atoms. The molecular formula is C17H21N3O2. The van der Waals surface area contributed by atoms with Crippen LogP contribution >= 0.6 is 0 Å². The van der Waals surface area contributed by atoms with Crippen molar-refractivity contribution >= 4 is 5.91 Å². The van der Waals surface area contributed by atoms with Gasteiger partial charge in [-0.05, 0) is 39.0 Å². The van der Waals surface area contributed by atoms with Crippen LogP contribution in [0.4, 0.5) is 0 Å². The minimum absolute atomic E-state index is 0.0745. The Morgan fingerprint density at radius 3 is 2.86 bits per heavy atom. The Kier molecular flexibility index (Phi) is 3.98. The van der Waals surface area contributed by atoms with Crippen molar-refractivity contribution in [3.8, 4) is 5.82 Å². The van der Waals surface area contributed by atoms with E-state index in [0.29, 0.717) is 19.7 Å². The summed E-state index contributed by atoms with van der Waals surface area (Å²) >= 11 is 0. The van der Waals surface area contributed by atoms with Crippen molar-refractivity contribution in [2.45, 2.75) is 26.9 Å². The predicted octanol–water partition coefficient (Wildman–Crippen LogP) is 2.35. The molecule has 2 aromatic rings. The number of hydrogen-bond acceptors (Lipinski definition) is 3. The van der Waals surface area contributed by atoms with Crippen LogP contribution in [0.3, 0.4) is 0 Å². The van der Waals surface area contributed by atoms with E-state index in [1.165, 1.54) is 0 Å². The van der Waals surface area contributed by atoms with Gasteiger partial charge in [0.1, 0.15) is 5.82 Å². The van der Waals surface area contributed by atoms with Crippen molar-refractivity contribution in [1.29, 1.82) is 0 Å². The number of carbonyl (C=O) groups excluding carboxylic acids is 1. The summed E-state index contributed by atoms with van der Waals surface area (Å²) in [6, 6.07) is 7.74. The molecule has 0 saturated carbocycles. The Balaban J connectivity index is 1.94. The van der Waals surface area contributed by atoms with E-state index in [4.69, 9.17) is 4.74 Å². The van der Waals surface area contributed by atoms with Crippen LogP contribution in [-0.2, 0) is 4.74 Å². The molecule has 116 valence electrons. The summed E-state index contributed by atoms with van der Waals surface area (Å²) in [7, 11) is 0. The summed E-state index contributed by atoms with van der Waals surface area (Å²) in [6.45, 7) is 7.87. The van der Waals surface area contributed by atoms with E-state index in [9.17, 15) is 4.79 Å². The smallest absolute Gasteiger partial charge is 0.255 e. The van der Waals surface area contributed by atoms with Crippen LogP contribution in [0.25, 0.3) is 5.82 Å². The molecule has 0 aliphatic carbocycles. The zero-order valence-electron chi connectivity index (χ0n) is 13.2. The lowest BCUT2D eigenvalue weighted by Gasteiger charge is -2.31. The maximum Gasteiger partial charge on any atom is 0.255 e. The molecule has 0 aromatic carbocycles. The van der Waals surface area contributed by atoms with Gasteiger partial charge >= 0.3 is 0 Å². The van der Waals surface area contributed by atoms with Crippen LogP contribution in [0.2, 0.25) is 0 Å². The van der Waals surface area contributed by atoms with E-state index < -0.39 is 0 Å². The van der Waals surface area contributed by atoms with E-state index in [-0.39, 0.29) is 12.0 Å². The third-order valence-corrected chi connectivity index (χ3v) is 4.07. The van der Waals surface area contributed by atoms with Gasteiger partial charge < -0.3 is 14.2 Å². The highest BCUT2D eigenvalue weighted by Gasteiger charge is 2.25. The fraction of sp³-hybridized carbons (Fsp3) is 0.412. The van der Waals surface area contributed by atoms with Gasteiger partial charge in [-0.1, -0.05) is 6.07 Å². The zero-order valence-corrected chi connectivity index (χ0v) is 13.2. The molecule has 3 rings (SSSR count). The van der Waals surface area contributed by atoms with Crippen LogP contribution < -0.4 is 0 Å². The van der Waals surface area contributed by atoms with Gasteiger partial charge in [0, 0.05) is 30.7 Å². The molecule has 1 aliphatic rings. The number of aryl methyl sites for hydroxylation is 1. The highest BCUT2D eigenvalue weighted by molar-refractivity contribution is 5.96. The topological polar surface area (TPSA) is 47.4 Å². The Morgan fingerprint density at radius 2 is 2.18 bits per heavy atom. The standard InChI is InChI=1S/C17H21N3O2/c1-12-10-15(17(21)19-8-9-22-13(2)11-19)14(3)20(12)16-6-4-5-7-18-16/h4-7,10,13H,8-9,11H2,1-3H3/t13-/m1/s1. The molecule has 1 atom stereocenters. The SMILES string of the molecule is Cc1cc(C(=O)N2CCO[C@H](C)C2)c(C)n1-c1ccccn1. The second kappa shape index (κ2) is 5.93. The molecule has 1 fully saturated rings. The molecule has 0 spiro atoms. The van der Waals surface area contributed by atoms with Crippen LogP contribution in [0.5, 0.6) is 0 Å². The number of aromatic nitrogens is 2. The minimum Gasteiger partial charge on any atom is -0.375 e. The highest BCUT2D eigenvalue weighted by Crippen LogP contribution is 2.21. The molecule has 5 heteroatoms. The lowest BCUT2D eigenvalue weighted by Crippen LogP contribution is -2.44. The number of rotatable bonds is 2. The van der Waals surface area contributed by atoms with Gasteiger partial charge in [0.15, 0.2) is 0 Å². The third-order valence-electron chi connectivity index (χ3n) is 4.07.